The molecule has 2 N–H and O–H groups in total. The number of hydrogen-bond acceptors (Lipinski definition) is 3. The molecular weight excluding hydrogens is 216 g/mol. The van der Waals surface area contributed by atoms with Crippen molar-refractivity contribution in [3.63, 3.8) is 0 Å². The standard InChI is InChI=1S/C13H20N2S/c1-10-3-2-4-12(7-10)16-9-11-5-6-13(14)15-8-11/h5-6,8,10,12H,2-4,7,9H2,1H3,(H2,14,15). The first-order valence-electron chi connectivity index (χ1n) is 6.06. The number of anilines is 1. The maximum atomic E-state index is 5.57. The average molecular weight is 236 g/mol. The zero-order chi connectivity index (χ0) is 11.4. The van der Waals surface area contributed by atoms with E-state index in [4.69, 9.17) is 5.73 Å². The van der Waals surface area contributed by atoms with Gasteiger partial charge in [-0.05, 0) is 30.4 Å². The van der Waals surface area contributed by atoms with Crippen LogP contribution in [0, 0.1) is 5.92 Å². The Morgan fingerprint density at radius 3 is 3.00 bits per heavy atom. The maximum Gasteiger partial charge on any atom is 0.123 e. The Hall–Kier alpha value is -0.700. The lowest BCUT2D eigenvalue weighted by atomic mass is 9.91. The second-order valence-corrected chi connectivity index (χ2v) is 6.08. The van der Waals surface area contributed by atoms with E-state index in [1.807, 2.05) is 12.3 Å². The molecule has 0 saturated heterocycles. The Bertz CT molecular complexity index is 323. The number of nitrogen functional groups attached to an aromatic ring is 1. The van der Waals surface area contributed by atoms with Crippen LogP contribution in [0.25, 0.3) is 0 Å². The van der Waals surface area contributed by atoms with Gasteiger partial charge < -0.3 is 5.73 Å². The van der Waals surface area contributed by atoms with Crippen molar-refractivity contribution >= 4 is 17.6 Å². The monoisotopic (exact) mass is 236 g/mol. The van der Waals surface area contributed by atoms with Crippen molar-refractivity contribution in [1.82, 2.24) is 4.98 Å². The molecule has 1 aliphatic rings. The first kappa shape index (κ1) is 11.8. The van der Waals surface area contributed by atoms with Gasteiger partial charge in [0.25, 0.3) is 0 Å². The normalized spacial score (nSPS) is 25.6. The molecule has 1 heterocycles. The summed E-state index contributed by atoms with van der Waals surface area (Å²) in [5, 5.41) is 0.848. The van der Waals surface area contributed by atoms with E-state index in [1.54, 1.807) is 0 Å². The number of thioether (sulfide) groups is 1. The van der Waals surface area contributed by atoms with Crippen LogP contribution in [0.5, 0.6) is 0 Å². The molecule has 1 saturated carbocycles. The minimum Gasteiger partial charge on any atom is -0.384 e. The molecule has 0 spiro atoms. The molecule has 1 aliphatic carbocycles. The van der Waals surface area contributed by atoms with Crippen LogP contribution in [0.3, 0.4) is 0 Å². The molecule has 2 rings (SSSR count). The van der Waals surface area contributed by atoms with Crippen LogP contribution >= 0.6 is 11.8 Å². The molecule has 0 bridgehead atoms. The Morgan fingerprint density at radius 1 is 1.44 bits per heavy atom. The highest BCUT2D eigenvalue weighted by molar-refractivity contribution is 7.99. The van der Waals surface area contributed by atoms with Crippen LogP contribution in [-0.2, 0) is 5.75 Å². The number of hydrogen-bond donors (Lipinski definition) is 1. The molecule has 1 aromatic rings. The van der Waals surface area contributed by atoms with Gasteiger partial charge in [0.2, 0.25) is 0 Å². The summed E-state index contributed by atoms with van der Waals surface area (Å²) in [5.74, 6) is 2.60. The lowest BCUT2D eigenvalue weighted by Gasteiger charge is -2.26. The molecule has 16 heavy (non-hydrogen) atoms. The van der Waals surface area contributed by atoms with E-state index in [-0.39, 0.29) is 0 Å². The van der Waals surface area contributed by atoms with E-state index in [1.165, 1.54) is 31.2 Å². The molecular formula is C13H20N2S. The first-order valence-corrected chi connectivity index (χ1v) is 7.11. The summed E-state index contributed by atoms with van der Waals surface area (Å²) in [5.41, 5.74) is 6.86. The molecule has 88 valence electrons. The third-order valence-electron chi connectivity index (χ3n) is 3.22. The summed E-state index contributed by atoms with van der Waals surface area (Å²) in [6.07, 6.45) is 7.48. The van der Waals surface area contributed by atoms with Crippen molar-refractivity contribution in [2.45, 2.75) is 43.6 Å². The molecule has 2 nitrogen and oxygen atoms in total. The number of pyridine rings is 1. The van der Waals surface area contributed by atoms with Gasteiger partial charge in [0.15, 0.2) is 0 Å². The summed E-state index contributed by atoms with van der Waals surface area (Å²) < 4.78 is 0. The van der Waals surface area contributed by atoms with Crippen molar-refractivity contribution in [1.29, 1.82) is 0 Å². The van der Waals surface area contributed by atoms with E-state index in [0.717, 1.165) is 16.9 Å². The molecule has 0 radical (unpaired) electrons. The molecule has 1 aromatic heterocycles. The van der Waals surface area contributed by atoms with E-state index in [2.05, 4.69) is 29.7 Å². The summed E-state index contributed by atoms with van der Waals surface area (Å²) in [7, 11) is 0. The molecule has 3 heteroatoms. The van der Waals surface area contributed by atoms with Gasteiger partial charge >= 0.3 is 0 Å². The van der Waals surface area contributed by atoms with Crippen LogP contribution in [-0.4, -0.2) is 10.2 Å². The Labute approximate surface area is 102 Å². The third-order valence-corrected chi connectivity index (χ3v) is 4.62. The van der Waals surface area contributed by atoms with Crippen LogP contribution in [0.2, 0.25) is 0 Å². The van der Waals surface area contributed by atoms with Gasteiger partial charge in [-0.25, -0.2) is 4.98 Å². The minimum absolute atomic E-state index is 0.611. The molecule has 0 aliphatic heterocycles. The van der Waals surface area contributed by atoms with E-state index in [9.17, 15) is 0 Å². The van der Waals surface area contributed by atoms with Gasteiger partial charge in [0, 0.05) is 17.2 Å². The first-order chi connectivity index (χ1) is 7.74. The molecule has 0 amide bonds. The predicted octanol–water partition coefficient (Wildman–Crippen LogP) is 3.48. The number of rotatable bonds is 3. The Balaban J connectivity index is 1.80. The zero-order valence-electron chi connectivity index (χ0n) is 9.86. The second kappa shape index (κ2) is 5.58. The highest BCUT2D eigenvalue weighted by Gasteiger charge is 2.18. The van der Waals surface area contributed by atoms with Gasteiger partial charge in [-0.2, -0.15) is 11.8 Å². The maximum absolute atomic E-state index is 5.57. The number of nitrogens with two attached hydrogens (primary N) is 1. The fourth-order valence-electron chi connectivity index (χ4n) is 2.27. The molecule has 1 fully saturated rings. The predicted molar refractivity (Wildman–Crippen MR) is 71.4 cm³/mol. The quantitative estimate of drug-likeness (QED) is 0.873. The van der Waals surface area contributed by atoms with Gasteiger partial charge in [-0.3, -0.25) is 0 Å². The van der Waals surface area contributed by atoms with E-state index in [0.29, 0.717) is 5.82 Å². The summed E-state index contributed by atoms with van der Waals surface area (Å²) in [4.78, 5) is 4.12. The van der Waals surface area contributed by atoms with Crippen LogP contribution in [0.1, 0.15) is 38.2 Å². The second-order valence-electron chi connectivity index (χ2n) is 4.80. The fourth-order valence-corrected chi connectivity index (χ4v) is 3.66. The number of aromatic nitrogens is 1. The zero-order valence-corrected chi connectivity index (χ0v) is 10.7. The largest absolute Gasteiger partial charge is 0.384 e. The van der Waals surface area contributed by atoms with Gasteiger partial charge in [0.05, 0.1) is 0 Å². The van der Waals surface area contributed by atoms with Crippen LogP contribution in [0.15, 0.2) is 18.3 Å². The highest BCUT2D eigenvalue weighted by atomic mass is 32.2. The smallest absolute Gasteiger partial charge is 0.123 e. The van der Waals surface area contributed by atoms with Crippen LogP contribution < -0.4 is 5.73 Å². The van der Waals surface area contributed by atoms with E-state index < -0.39 is 0 Å². The van der Waals surface area contributed by atoms with Gasteiger partial charge in [-0.15, -0.1) is 0 Å². The fraction of sp³-hybridized carbons (Fsp3) is 0.615. The Kier molecular flexibility index (Phi) is 4.10. The minimum atomic E-state index is 0.611. The summed E-state index contributed by atoms with van der Waals surface area (Å²) in [6.45, 7) is 2.37. The van der Waals surface area contributed by atoms with Crippen molar-refractivity contribution in [3.8, 4) is 0 Å². The van der Waals surface area contributed by atoms with Gasteiger partial charge in [0.1, 0.15) is 5.82 Å². The average Bonchev–Trinajstić information content (AvgIpc) is 2.28. The molecule has 2 unspecified atom stereocenters. The van der Waals surface area contributed by atoms with Crippen molar-refractivity contribution < 1.29 is 0 Å². The van der Waals surface area contributed by atoms with Crippen molar-refractivity contribution in [2.24, 2.45) is 5.92 Å². The summed E-state index contributed by atoms with van der Waals surface area (Å²) >= 11 is 2.08. The van der Waals surface area contributed by atoms with Crippen molar-refractivity contribution in [3.05, 3.63) is 23.9 Å². The van der Waals surface area contributed by atoms with Crippen molar-refractivity contribution in [2.75, 3.05) is 5.73 Å². The van der Waals surface area contributed by atoms with Crippen LogP contribution in [0.4, 0.5) is 5.82 Å². The number of nitrogens with zero attached hydrogens (tertiary/aromatic N) is 1. The Morgan fingerprint density at radius 2 is 2.31 bits per heavy atom. The van der Waals surface area contributed by atoms with E-state index >= 15 is 0 Å². The highest BCUT2D eigenvalue weighted by Crippen LogP contribution is 2.33. The lowest BCUT2D eigenvalue weighted by molar-refractivity contribution is 0.394. The molecule has 0 aromatic carbocycles. The lowest BCUT2D eigenvalue weighted by Crippen LogP contribution is -2.15. The third kappa shape index (κ3) is 3.41. The SMILES string of the molecule is CC1CCCC(SCc2ccc(N)nc2)C1. The topological polar surface area (TPSA) is 38.9 Å². The summed E-state index contributed by atoms with van der Waals surface area (Å²) in [6, 6.07) is 3.97. The molecule has 2 atom stereocenters. The van der Waals surface area contributed by atoms with Gasteiger partial charge in [-0.1, -0.05) is 25.8 Å².